The molecule has 0 fully saturated rings. The van der Waals surface area contributed by atoms with Gasteiger partial charge in [0.15, 0.2) is 0 Å². The van der Waals surface area contributed by atoms with Gasteiger partial charge in [0.05, 0.1) is 25.3 Å². The van der Waals surface area contributed by atoms with Crippen LogP contribution < -0.4 is 16.7 Å². The predicted molar refractivity (Wildman–Crippen MR) is 65.4 cm³/mol. The summed E-state index contributed by atoms with van der Waals surface area (Å²) in [6.07, 6.45) is 0.241. The molecule has 0 bridgehead atoms. The fourth-order valence-electron chi connectivity index (χ4n) is 1.25. The highest BCUT2D eigenvalue weighted by Crippen LogP contribution is 2.09. The summed E-state index contributed by atoms with van der Waals surface area (Å²) in [6.45, 7) is 1.95. The Morgan fingerprint density at radius 1 is 1.28 bits per heavy atom. The minimum atomic E-state index is -0.294. The number of ether oxygens (including phenoxy) is 1. The topological polar surface area (TPSA) is 47.8 Å². The van der Waals surface area contributed by atoms with Gasteiger partial charge in [0.1, 0.15) is 18.5 Å². The van der Waals surface area contributed by atoms with Crippen molar-refractivity contribution < 1.29 is 31.0 Å². The van der Waals surface area contributed by atoms with Crippen molar-refractivity contribution in [1.82, 2.24) is 0 Å². The van der Waals surface area contributed by atoms with Crippen molar-refractivity contribution in [3.05, 3.63) is 30.3 Å². The molecule has 0 aromatic heterocycles. The lowest BCUT2D eigenvalue weighted by molar-refractivity contribution is -0.667. The van der Waals surface area contributed by atoms with Gasteiger partial charge in [-0.2, -0.15) is 0 Å². The Kier molecular flexibility index (Phi) is 8.45. The second-order valence-corrected chi connectivity index (χ2v) is 4.64. The number of carbonyl (C=O) groups is 2. The van der Waals surface area contributed by atoms with E-state index >= 15 is 0 Å². The van der Waals surface area contributed by atoms with E-state index in [0.717, 1.165) is 4.90 Å². The first-order valence-electron chi connectivity index (χ1n) is 5.30. The van der Waals surface area contributed by atoms with E-state index in [1.807, 2.05) is 30.3 Å². The van der Waals surface area contributed by atoms with Gasteiger partial charge >= 0.3 is 11.9 Å². The molecule has 0 aliphatic carbocycles. The zero-order valence-electron chi connectivity index (χ0n) is 10.3. The first-order chi connectivity index (χ1) is 8.13. The average molecular weight is 290 g/mol. The zero-order chi connectivity index (χ0) is 12.7. The van der Waals surface area contributed by atoms with Crippen LogP contribution in [0.3, 0.4) is 0 Å². The first kappa shape index (κ1) is 17.0. The highest BCUT2D eigenvalue weighted by Gasteiger charge is 2.19. The summed E-state index contributed by atoms with van der Waals surface area (Å²) in [6, 6.07) is 9.63. The van der Waals surface area contributed by atoms with Crippen LogP contribution in [0, 0.1) is 0 Å². The van der Waals surface area contributed by atoms with Crippen molar-refractivity contribution >= 4 is 23.8 Å². The van der Waals surface area contributed by atoms with E-state index in [1.165, 1.54) is 26.0 Å². The van der Waals surface area contributed by atoms with E-state index in [4.69, 9.17) is 0 Å². The first-order valence-corrected chi connectivity index (χ1v) is 6.11. The van der Waals surface area contributed by atoms with Gasteiger partial charge in [-0.3, -0.25) is 4.79 Å². The summed E-state index contributed by atoms with van der Waals surface area (Å²) in [5, 5.41) is 0. The Morgan fingerprint density at radius 3 is 2.39 bits per heavy atom. The van der Waals surface area contributed by atoms with Crippen LogP contribution in [0.2, 0.25) is 0 Å². The highest BCUT2D eigenvalue weighted by atomic mass is 35.5. The minimum Gasteiger partial charge on any atom is -1.00 e. The molecule has 4 nitrogen and oxygen atoms in total. The van der Waals surface area contributed by atoms with Crippen molar-refractivity contribution in [2.45, 2.75) is 18.2 Å². The number of hydrogen-bond acceptors (Lipinski definition) is 4. The Hall–Kier alpha value is -1.04. The highest BCUT2D eigenvalue weighted by molar-refractivity contribution is 7.93. The van der Waals surface area contributed by atoms with Gasteiger partial charge in [-0.1, -0.05) is 18.2 Å². The summed E-state index contributed by atoms with van der Waals surface area (Å²) in [5.41, 5.74) is 0. The number of esters is 1. The van der Waals surface area contributed by atoms with E-state index in [0.29, 0.717) is 10.8 Å². The number of benzene rings is 1. The van der Waals surface area contributed by atoms with Crippen molar-refractivity contribution in [1.29, 1.82) is 0 Å². The lowest BCUT2D eigenvalue weighted by Gasteiger charge is -2.11. The normalized spacial score (nSPS) is 11.2. The fourth-order valence-corrected chi connectivity index (χ4v) is 2.17. The van der Waals surface area contributed by atoms with Gasteiger partial charge in [0, 0.05) is 0 Å². The molecule has 1 amide bonds. The Balaban J connectivity index is 0.00000289. The maximum absolute atomic E-state index is 11.4. The van der Waals surface area contributed by atoms with E-state index in [9.17, 15) is 9.59 Å². The smallest absolute Gasteiger partial charge is 0.320 e. The fraction of sp³-hybridized carbons (Fsp3) is 0.333. The van der Waals surface area contributed by atoms with Crippen molar-refractivity contribution in [2.75, 3.05) is 13.7 Å². The van der Waals surface area contributed by atoms with Gasteiger partial charge in [0.2, 0.25) is 0 Å². The van der Waals surface area contributed by atoms with Gasteiger partial charge < -0.3 is 17.1 Å². The van der Waals surface area contributed by atoms with Gasteiger partial charge in [-0.25, -0.2) is 9.10 Å². The van der Waals surface area contributed by atoms with Crippen molar-refractivity contribution in [2.24, 2.45) is 0 Å². The van der Waals surface area contributed by atoms with Crippen LogP contribution in [0.25, 0.3) is 0 Å². The van der Waals surface area contributed by atoms with Crippen molar-refractivity contribution in [3.8, 4) is 0 Å². The summed E-state index contributed by atoms with van der Waals surface area (Å²) in [5.74, 6) is -0.292. The summed E-state index contributed by atoms with van der Waals surface area (Å²) in [7, 11) is 1.35. The van der Waals surface area contributed by atoms with E-state index in [-0.39, 0.29) is 30.7 Å². The summed E-state index contributed by atoms with van der Waals surface area (Å²) < 4.78 is 5.24. The second kappa shape index (κ2) is 8.97. The largest absolute Gasteiger partial charge is 1.00 e. The molecule has 1 rings (SSSR count). The molecular formula is C12H16ClNO3S. The number of carbonyl (C=O) groups excluding carboxylic acids is 2. The predicted octanol–water partition coefficient (Wildman–Crippen LogP) is -2.31. The lowest BCUT2D eigenvalue weighted by Crippen LogP contribution is -3.08. The number of hydrogen-bond donors (Lipinski definition) is 1. The molecule has 0 aliphatic rings. The molecule has 6 heteroatoms. The third-order valence-electron chi connectivity index (χ3n) is 2.16. The molecule has 0 heterocycles. The quantitative estimate of drug-likeness (QED) is 0.489. The second-order valence-electron chi connectivity index (χ2n) is 3.47. The molecule has 0 spiro atoms. The van der Waals surface area contributed by atoms with Crippen LogP contribution >= 0.6 is 11.9 Å². The molecule has 0 saturated carbocycles. The molecule has 1 atom stereocenters. The molecule has 18 heavy (non-hydrogen) atoms. The van der Waals surface area contributed by atoms with E-state index in [2.05, 4.69) is 4.74 Å². The summed E-state index contributed by atoms with van der Waals surface area (Å²) in [4.78, 5) is 23.5. The lowest BCUT2D eigenvalue weighted by atomic mass is 10.4. The Morgan fingerprint density at radius 2 is 1.89 bits per heavy atom. The van der Waals surface area contributed by atoms with Gasteiger partial charge in [0.25, 0.3) is 0 Å². The molecule has 100 valence electrons. The van der Waals surface area contributed by atoms with Gasteiger partial charge in [-0.05, 0) is 12.1 Å². The maximum atomic E-state index is 11.4. The van der Waals surface area contributed by atoms with Crippen LogP contribution in [-0.4, -0.2) is 25.5 Å². The molecule has 0 radical (unpaired) electrons. The van der Waals surface area contributed by atoms with Gasteiger partial charge in [-0.15, -0.1) is 0 Å². The van der Waals surface area contributed by atoms with Crippen LogP contribution in [-0.2, 0) is 14.3 Å². The SMILES string of the molecule is COC(=O)CC[NH+](Sc1ccccc1)C(C)=O.[Cl-]. The van der Waals surface area contributed by atoms with Crippen LogP contribution in [0.4, 0.5) is 0 Å². The third-order valence-corrected chi connectivity index (χ3v) is 3.41. The molecule has 0 aliphatic heterocycles. The zero-order valence-corrected chi connectivity index (χ0v) is 11.9. The monoisotopic (exact) mass is 289 g/mol. The molecule has 1 unspecified atom stereocenters. The Bertz CT molecular complexity index is 386. The summed E-state index contributed by atoms with van der Waals surface area (Å²) >= 11 is 1.41. The van der Waals surface area contributed by atoms with Crippen molar-refractivity contribution in [3.63, 3.8) is 0 Å². The molecule has 0 saturated heterocycles. The maximum Gasteiger partial charge on any atom is 0.320 e. The number of rotatable bonds is 5. The number of nitrogens with one attached hydrogen (secondary N) is 1. The van der Waals surface area contributed by atoms with Crippen LogP contribution in [0.15, 0.2) is 35.2 Å². The number of methoxy groups -OCH3 is 1. The molecule has 1 aromatic carbocycles. The minimum absolute atomic E-state index is 0. The number of amides is 1. The van der Waals surface area contributed by atoms with Crippen LogP contribution in [0.5, 0.6) is 0 Å². The molecular weight excluding hydrogens is 274 g/mol. The van der Waals surface area contributed by atoms with E-state index in [1.54, 1.807) is 0 Å². The Labute approximate surface area is 117 Å². The average Bonchev–Trinajstić information content (AvgIpc) is 2.34. The molecule has 1 aromatic rings. The molecule has 1 N–H and O–H groups in total. The van der Waals surface area contributed by atoms with E-state index < -0.39 is 0 Å². The number of halogens is 1. The number of quaternary nitrogens is 1. The third kappa shape index (κ3) is 6.05. The standard InChI is InChI=1S/C12H15NO3S.ClH/c1-10(14)13(9-8-12(15)16-2)17-11-6-4-3-5-7-11;/h3-7H,8-9H2,1-2H3;1H. The van der Waals surface area contributed by atoms with Crippen LogP contribution in [0.1, 0.15) is 13.3 Å².